The molecular formula is C14H20. The lowest BCUT2D eigenvalue weighted by molar-refractivity contribution is 0.386. The number of hydrogen-bond donors (Lipinski definition) is 0. The molecule has 0 saturated heterocycles. The summed E-state index contributed by atoms with van der Waals surface area (Å²) in [4.78, 5) is 0. The summed E-state index contributed by atoms with van der Waals surface area (Å²) in [5.74, 6) is 1.46. The van der Waals surface area contributed by atoms with Crippen LogP contribution in [0.1, 0.15) is 25.8 Å². The highest BCUT2D eigenvalue weighted by Crippen LogP contribution is 2.20. The molecule has 1 aromatic rings. The van der Waals surface area contributed by atoms with Gasteiger partial charge in [0.05, 0.1) is 0 Å². The normalized spacial score (nSPS) is 12.8. The van der Waals surface area contributed by atoms with Crippen LogP contribution >= 0.6 is 0 Å². The summed E-state index contributed by atoms with van der Waals surface area (Å²) in [6, 6.07) is 10.7. The molecule has 76 valence electrons. The predicted molar refractivity (Wildman–Crippen MR) is 63.3 cm³/mol. The topological polar surface area (TPSA) is 0 Å². The Kier molecular flexibility index (Phi) is 4.45. The Morgan fingerprint density at radius 3 is 2.36 bits per heavy atom. The Labute approximate surface area is 87.7 Å². The van der Waals surface area contributed by atoms with Crippen molar-refractivity contribution in [3.05, 3.63) is 48.6 Å². The molecular weight excluding hydrogens is 168 g/mol. The highest BCUT2D eigenvalue weighted by Gasteiger charge is 2.11. The summed E-state index contributed by atoms with van der Waals surface area (Å²) in [7, 11) is 0. The number of allylic oxidation sites excluding steroid dienone is 1. The van der Waals surface area contributed by atoms with Gasteiger partial charge in [0.15, 0.2) is 0 Å². The van der Waals surface area contributed by atoms with Crippen LogP contribution in [0.15, 0.2) is 43.0 Å². The van der Waals surface area contributed by atoms with Gasteiger partial charge in [0, 0.05) is 0 Å². The van der Waals surface area contributed by atoms with Crippen molar-refractivity contribution in [2.75, 3.05) is 0 Å². The minimum atomic E-state index is 0.730. The molecule has 0 aliphatic heterocycles. The van der Waals surface area contributed by atoms with Gasteiger partial charge >= 0.3 is 0 Å². The van der Waals surface area contributed by atoms with Gasteiger partial charge < -0.3 is 0 Å². The van der Waals surface area contributed by atoms with Crippen molar-refractivity contribution in [2.45, 2.75) is 26.7 Å². The fourth-order valence-electron chi connectivity index (χ4n) is 1.72. The maximum atomic E-state index is 3.82. The molecule has 0 fully saturated rings. The molecule has 0 heterocycles. The van der Waals surface area contributed by atoms with Crippen molar-refractivity contribution in [1.82, 2.24) is 0 Å². The zero-order chi connectivity index (χ0) is 10.4. The van der Waals surface area contributed by atoms with E-state index in [9.17, 15) is 0 Å². The molecule has 0 bridgehead atoms. The zero-order valence-electron chi connectivity index (χ0n) is 9.24. The van der Waals surface area contributed by atoms with E-state index in [1.807, 2.05) is 6.08 Å². The van der Waals surface area contributed by atoms with Crippen molar-refractivity contribution in [3.8, 4) is 0 Å². The van der Waals surface area contributed by atoms with E-state index in [1.54, 1.807) is 0 Å². The molecule has 0 heteroatoms. The molecule has 0 aliphatic carbocycles. The van der Waals surface area contributed by atoms with E-state index in [4.69, 9.17) is 0 Å². The standard InChI is InChI=1S/C14H20/c1-4-8-14(12(2)3)11-13-9-6-5-7-10-13/h4-7,9-10,12,14H,1,8,11H2,2-3H3/t14-/m0/s1. The Hall–Kier alpha value is -1.04. The molecule has 0 aliphatic rings. The van der Waals surface area contributed by atoms with Gasteiger partial charge in [0.2, 0.25) is 0 Å². The second-order valence-electron chi connectivity index (χ2n) is 4.22. The van der Waals surface area contributed by atoms with Gasteiger partial charge in [-0.1, -0.05) is 50.3 Å². The quantitative estimate of drug-likeness (QED) is 0.611. The lowest BCUT2D eigenvalue weighted by atomic mass is 9.87. The first-order valence-electron chi connectivity index (χ1n) is 5.39. The van der Waals surface area contributed by atoms with Crippen LogP contribution in [-0.2, 0) is 6.42 Å². The van der Waals surface area contributed by atoms with E-state index in [0.717, 1.165) is 18.3 Å². The van der Waals surface area contributed by atoms with Gasteiger partial charge in [-0.3, -0.25) is 0 Å². The number of rotatable bonds is 5. The maximum Gasteiger partial charge on any atom is -0.0245 e. The Balaban J connectivity index is 2.60. The van der Waals surface area contributed by atoms with Crippen LogP contribution in [0, 0.1) is 11.8 Å². The van der Waals surface area contributed by atoms with Gasteiger partial charge in [0.25, 0.3) is 0 Å². The van der Waals surface area contributed by atoms with Crippen molar-refractivity contribution in [3.63, 3.8) is 0 Å². The SMILES string of the molecule is C=CC[C@@H](Cc1ccccc1)C(C)C. The summed E-state index contributed by atoms with van der Waals surface area (Å²) < 4.78 is 0. The first-order valence-corrected chi connectivity index (χ1v) is 5.39. The largest absolute Gasteiger partial charge is 0.103 e. The third-order valence-corrected chi connectivity index (χ3v) is 2.75. The molecule has 1 atom stereocenters. The second kappa shape index (κ2) is 5.64. The van der Waals surface area contributed by atoms with E-state index in [1.165, 1.54) is 12.0 Å². The van der Waals surface area contributed by atoms with Crippen LogP contribution in [0.25, 0.3) is 0 Å². The first kappa shape index (κ1) is 11.0. The van der Waals surface area contributed by atoms with E-state index in [-0.39, 0.29) is 0 Å². The summed E-state index contributed by atoms with van der Waals surface area (Å²) in [6.07, 6.45) is 4.32. The van der Waals surface area contributed by atoms with Gasteiger partial charge in [-0.25, -0.2) is 0 Å². The van der Waals surface area contributed by atoms with Gasteiger partial charge in [-0.05, 0) is 30.2 Å². The molecule has 0 saturated carbocycles. The summed E-state index contributed by atoms with van der Waals surface area (Å²) in [5.41, 5.74) is 1.44. The molecule has 0 nitrogen and oxygen atoms in total. The lowest BCUT2D eigenvalue weighted by Gasteiger charge is -2.19. The van der Waals surface area contributed by atoms with E-state index in [2.05, 4.69) is 50.8 Å². The molecule has 0 spiro atoms. The van der Waals surface area contributed by atoms with Gasteiger partial charge in [-0.2, -0.15) is 0 Å². The van der Waals surface area contributed by atoms with Crippen LogP contribution in [0.4, 0.5) is 0 Å². The smallest absolute Gasteiger partial charge is 0.0245 e. The Morgan fingerprint density at radius 2 is 1.86 bits per heavy atom. The van der Waals surface area contributed by atoms with E-state index in [0.29, 0.717) is 0 Å². The Morgan fingerprint density at radius 1 is 1.21 bits per heavy atom. The van der Waals surface area contributed by atoms with Gasteiger partial charge in [0.1, 0.15) is 0 Å². The molecule has 14 heavy (non-hydrogen) atoms. The third-order valence-electron chi connectivity index (χ3n) is 2.75. The highest BCUT2D eigenvalue weighted by molar-refractivity contribution is 5.15. The molecule has 0 amide bonds. The van der Waals surface area contributed by atoms with Crippen molar-refractivity contribution in [2.24, 2.45) is 11.8 Å². The number of hydrogen-bond acceptors (Lipinski definition) is 0. The fraction of sp³-hybridized carbons (Fsp3) is 0.429. The molecule has 1 rings (SSSR count). The molecule has 0 unspecified atom stereocenters. The van der Waals surface area contributed by atoms with Crippen LogP contribution in [0.3, 0.4) is 0 Å². The maximum absolute atomic E-state index is 3.82. The third kappa shape index (κ3) is 3.37. The van der Waals surface area contributed by atoms with Crippen LogP contribution < -0.4 is 0 Å². The van der Waals surface area contributed by atoms with Crippen molar-refractivity contribution >= 4 is 0 Å². The van der Waals surface area contributed by atoms with Crippen molar-refractivity contribution in [1.29, 1.82) is 0 Å². The van der Waals surface area contributed by atoms with E-state index >= 15 is 0 Å². The van der Waals surface area contributed by atoms with Crippen LogP contribution in [-0.4, -0.2) is 0 Å². The number of benzene rings is 1. The van der Waals surface area contributed by atoms with Crippen LogP contribution in [0.5, 0.6) is 0 Å². The second-order valence-corrected chi connectivity index (χ2v) is 4.22. The van der Waals surface area contributed by atoms with Gasteiger partial charge in [-0.15, -0.1) is 6.58 Å². The molecule has 0 N–H and O–H groups in total. The first-order chi connectivity index (χ1) is 6.74. The minimum absolute atomic E-state index is 0.730. The van der Waals surface area contributed by atoms with Crippen LogP contribution in [0.2, 0.25) is 0 Å². The monoisotopic (exact) mass is 188 g/mol. The average molecular weight is 188 g/mol. The summed E-state index contributed by atoms with van der Waals surface area (Å²) in [6.45, 7) is 8.40. The Bertz CT molecular complexity index is 259. The van der Waals surface area contributed by atoms with Crippen molar-refractivity contribution < 1.29 is 0 Å². The minimum Gasteiger partial charge on any atom is -0.103 e. The lowest BCUT2D eigenvalue weighted by Crippen LogP contribution is -2.10. The molecule has 0 radical (unpaired) electrons. The summed E-state index contributed by atoms with van der Waals surface area (Å²) >= 11 is 0. The predicted octanol–water partition coefficient (Wildman–Crippen LogP) is 4.08. The summed E-state index contributed by atoms with van der Waals surface area (Å²) in [5, 5.41) is 0. The zero-order valence-corrected chi connectivity index (χ0v) is 9.24. The van der Waals surface area contributed by atoms with E-state index < -0.39 is 0 Å². The fourth-order valence-corrected chi connectivity index (χ4v) is 1.72. The molecule has 0 aromatic heterocycles. The molecule has 1 aromatic carbocycles. The average Bonchev–Trinajstić information content (AvgIpc) is 2.18. The highest BCUT2D eigenvalue weighted by atomic mass is 14.2.